The van der Waals surface area contributed by atoms with Crippen molar-refractivity contribution in [2.75, 3.05) is 111 Å². The molecule has 0 aliphatic carbocycles. The van der Waals surface area contributed by atoms with Crippen molar-refractivity contribution in [3.63, 3.8) is 0 Å². The van der Waals surface area contributed by atoms with Crippen LogP contribution in [0.2, 0.25) is 5.02 Å². The molecule has 0 aliphatic heterocycles. The van der Waals surface area contributed by atoms with Crippen LogP contribution in [0, 0.1) is 6.92 Å². The maximum atomic E-state index is 14.1. The van der Waals surface area contributed by atoms with Crippen molar-refractivity contribution in [3.05, 3.63) is 80.7 Å². The van der Waals surface area contributed by atoms with Crippen LogP contribution in [-0.4, -0.2) is 173 Å². The van der Waals surface area contributed by atoms with Crippen LogP contribution >= 0.6 is 19.4 Å². The average molecular weight is 1410 g/mol. The topological polar surface area (TPSA) is 360 Å². The summed E-state index contributed by atoms with van der Waals surface area (Å²) in [5.74, 6) is -2.68. The Hall–Kier alpha value is -6.52. The van der Waals surface area contributed by atoms with Crippen molar-refractivity contribution in [1.82, 2.24) is 20.5 Å². The van der Waals surface area contributed by atoms with Gasteiger partial charge in [-0.1, -0.05) is 127 Å². The lowest BCUT2D eigenvalue weighted by Crippen LogP contribution is -2.36. The van der Waals surface area contributed by atoms with E-state index in [0.29, 0.717) is 40.5 Å². The van der Waals surface area contributed by atoms with Crippen molar-refractivity contribution < 1.29 is 100 Å². The number of aromatic nitrogens is 1. The quantitative estimate of drug-likeness (QED) is 0.0157. The molecule has 2 aromatic carbocycles. The summed E-state index contributed by atoms with van der Waals surface area (Å²) >= 11 is 6.54. The third-order valence-electron chi connectivity index (χ3n) is 14.8. The molecule has 0 aliphatic rings. The number of carbonyl (C=O) groups is 7. The van der Waals surface area contributed by atoms with Crippen molar-refractivity contribution in [2.45, 2.75) is 181 Å². The molecule has 7 N–H and O–H groups in total. The number of anilines is 1. The number of Topliss-reactive ketones (excluding diaryl/α,β-unsaturated/α-hetero) is 2. The smallest absolute Gasteiger partial charge is 0.472 e. The third-order valence-corrected chi connectivity index (χ3v) is 16.1. The number of esters is 1. The summed E-state index contributed by atoms with van der Waals surface area (Å²) in [5, 5.41) is 30.3. The number of nitrogens with zero attached hydrogens (tertiary/aromatic N) is 1. The van der Waals surface area contributed by atoms with E-state index in [2.05, 4.69) is 28.2 Å². The number of aliphatic carboxylic acids is 1. The molecule has 97 heavy (non-hydrogen) atoms. The number of phenolic OH excluding ortho intramolecular Hbond substituents is 1. The fraction of sp³-hybridized carbons (Fsp3) is 0.647. The van der Waals surface area contributed by atoms with Crippen molar-refractivity contribution in [3.8, 4) is 17.2 Å². The number of aryl methyl sites for hydroxylation is 1. The highest BCUT2D eigenvalue weighted by atomic mass is 35.5. The number of rotatable bonds is 59. The molecule has 1 heterocycles. The van der Waals surface area contributed by atoms with Gasteiger partial charge in [0.05, 0.1) is 85.1 Å². The summed E-state index contributed by atoms with van der Waals surface area (Å²) in [6, 6.07) is 8.85. The van der Waals surface area contributed by atoms with E-state index in [1.54, 1.807) is 37.4 Å². The fourth-order valence-corrected chi connectivity index (χ4v) is 10.8. The molecular formula is C68H105ClN5O22P. The molecule has 0 fully saturated rings. The Kier molecular flexibility index (Phi) is 45.1. The monoisotopic (exact) mass is 1410 g/mol. The molecular weight excluding hydrogens is 1310 g/mol. The first-order valence-corrected chi connectivity index (χ1v) is 35.7. The zero-order valence-corrected chi connectivity index (χ0v) is 58.7. The molecule has 0 bridgehead atoms. The van der Waals surface area contributed by atoms with E-state index in [0.717, 1.165) is 19.3 Å². The van der Waals surface area contributed by atoms with Crippen LogP contribution in [-0.2, 0) is 77.3 Å². The number of carboxylic acids is 1. The van der Waals surface area contributed by atoms with E-state index in [4.69, 9.17) is 58.5 Å². The fourth-order valence-electron chi connectivity index (χ4n) is 9.79. The lowest BCUT2D eigenvalue weighted by atomic mass is 10.0. The van der Waals surface area contributed by atoms with Gasteiger partial charge in [-0.25, -0.2) is 9.36 Å². The first-order chi connectivity index (χ1) is 46.7. The molecule has 29 heteroatoms. The van der Waals surface area contributed by atoms with Gasteiger partial charge in [-0.3, -0.25) is 37.8 Å². The SMILES string of the molecule is CCCCCCCCCCCCCCCCCC(=O)O[C@H](CCC(C)=O)COP(=O)(O)OCCCC(=O)COCCOCCNC(=O)COCC(=O)NCCOCCOCCOc1c(C)cn(Cc2c(Cl)cccc2OCC)c(=O)c1NC(=O)N[C@@H](CC(=O)O)c1cccc(O)c1. The van der Waals surface area contributed by atoms with Crippen LogP contribution < -0.4 is 36.3 Å². The van der Waals surface area contributed by atoms with Crippen molar-refractivity contribution in [2.24, 2.45) is 0 Å². The number of aromatic hydroxyl groups is 1. The summed E-state index contributed by atoms with van der Waals surface area (Å²) in [7, 11) is -4.56. The zero-order valence-electron chi connectivity index (χ0n) is 57.0. The van der Waals surface area contributed by atoms with E-state index in [-0.39, 0.29) is 160 Å². The maximum absolute atomic E-state index is 14.1. The van der Waals surface area contributed by atoms with Gasteiger partial charge in [0.1, 0.15) is 49.8 Å². The first-order valence-electron chi connectivity index (χ1n) is 33.8. The normalized spacial score (nSPS) is 12.5. The number of phosphoric ester groups is 1. The van der Waals surface area contributed by atoms with Gasteiger partial charge in [0.2, 0.25) is 11.8 Å². The maximum Gasteiger partial charge on any atom is 0.472 e. The van der Waals surface area contributed by atoms with Crippen LogP contribution in [0.25, 0.3) is 0 Å². The van der Waals surface area contributed by atoms with E-state index in [1.165, 1.54) is 100 Å². The van der Waals surface area contributed by atoms with Crippen LogP contribution in [0.1, 0.15) is 178 Å². The van der Waals surface area contributed by atoms with Crippen LogP contribution in [0.15, 0.2) is 53.5 Å². The van der Waals surface area contributed by atoms with Crippen molar-refractivity contribution >= 4 is 66.5 Å². The van der Waals surface area contributed by atoms with Gasteiger partial charge < -0.3 is 83.6 Å². The minimum absolute atomic E-state index is 0.00138. The molecule has 0 saturated heterocycles. The predicted molar refractivity (Wildman–Crippen MR) is 363 cm³/mol. The third kappa shape index (κ3) is 40.2. The van der Waals surface area contributed by atoms with Gasteiger partial charge in [0, 0.05) is 54.7 Å². The zero-order chi connectivity index (χ0) is 70.9. The molecule has 3 aromatic rings. The second-order valence-electron chi connectivity index (χ2n) is 23.2. The number of carboxylic acid groups (broad SMARTS) is 1. The van der Waals surface area contributed by atoms with E-state index >= 15 is 0 Å². The molecule has 0 saturated carbocycles. The molecule has 0 radical (unpaired) electrons. The van der Waals surface area contributed by atoms with Gasteiger partial charge in [0.15, 0.2) is 17.2 Å². The molecule has 4 amide bonds. The van der Waals surface area contributed by atoms with E-state index in [1.807, 2.05) is 6.92 Å². The van der Waals surface area contributed by atoms with Gasteiger partial charge in [0.25, 0.3) is 5.56 Å². The van der Waals surface area contributed by atoms with Crippen LogP contribution in [0.5, 0.6) is 17.2 Å². The molecule has 1 aromatic heterocycles. The summed E-state index contributed by atoms with van der Waals surface area (Å²) in [5.41, 5.74) is 0.367. The Morgan fingerprint density at radius 1 is 0.660 bits per heavy atom. The Bertz CT molecular complexity index is 2920. The second-order valence-corrected chi connectivity index (χ2v) is 25.0. The minimum Gasteiger partial charge on any atom is -0.508 e. The Balaban J connectivity index is 1.21. The van der Waals surface area contributed by atoms with Crippen LogP contribution in [0.3, 0.4) is 0 Å². The predicted octanol–water partition coefficient (Wildman–Crippen LogP) is 10.0. The highest BCUT2D eigenvalue weighted by Crippen LogP contribution is 2.43. The van der Waals surface area contributed by atoms with Crippen LogP contribution in [0.4, 0.5) is 10.5 Å². The highest BCUT2D eigenvalue weighted by molar-refractivity contribution is 7.47. The molecule has 27 nitrogen and oxygen atoms in total. The van der Waals surface area contributed by atoms with Gasteiger partial charge in [-0.2, -0.15) is 0 Å². The second kappa shape index (κ2) is 51.6. The van der Waals surface area contributed by atoms with E-state index < -0.39 is 68.3 Å². The number of hydrogen-bond acceptors (Lipinski definition) is 20. The summed E-state index contributed by atoms with van der Waals surface area (Å²) in [6.07, 6.45) is 18.7. The number of phenols is 1. The summed E-state index contributed by atoms with van der Waals surface area (Å²) < 4.78 is 68.4. The van der Waals surface area contributed by atoms with Gasteiger partial charge >= 0.3 is 25.8 Å². The van der Waals surface area contributed by atoms with E-state index in [9.17, 15) is 58.0 Å². The molecule has 1 unspecified atom stereocenters. The number of phosphoric acid groups is 1. The largest absolute Gasteiger partial charge is 0.508 e. The Labute approximate surface area is 574 Å². The number of urea groups is 1. The average Bonchev–Trinajstić information content (AvgIpc) is 0.794. The number of ether oxygens (including phenoxy) is 8. The number of benzene rings is 2. The van der Waals surface area contributed by atoms with Gasteiger partial charge in [-0.05, 0) is 69.9 Å². The number of hydrogen-bond donors (Lipinski definition) is 7. The number of pyridine rings is 1. The number of unbranched alkanes of at least 4 members (excludes halogenated alkanes) is 14. The number of halogens is 1. The molecule has 3 atom stereocenters. The summed E-state index contributed by atoms with van der Waals surface area (Å²) in [4.78, 5) is 111. The number of carbonyl (C=O) groups excluding carboxylic acids is 6. The lowest BCUT2D eigenvalue weighted by molar-refractivity contribution is -0.152. The standard InChI is InChI=1S/C68H105ClN5O22P/c1-5-7-8-9-10-11-12-13-14-15-16-17-18-19-20-29-64(82)96-56(31-30-52(4)75)48-95-97(85,86)94-34-23-26-55(77)47-90-40-39-88-36-33-71-62(79)50-91-49-61(78)70-32-35-87-37-38-89-41-42-93-66-51(3)45-74(46-57-58(69)27-22-28-60(57)92-6-2)67(83)65(66)73-68(84)72-59(44-63(80)81)53-24-21-25-54(76)43-53/h21-22,24-25,27-28,43,45,56,59,76H,5-20,23,26,29-42,44,46-50H2,1-4H3,(H,70,78)(H,71,79)(H,80,81)(H,85,86)(H2,72,73,84)/t56-,59+/m1/s1. The minimum atomic E-state index is -4.56. The Morgan fingerprint density at radius 2 is 1.25 bits per heavy atom. The number of ketones is 2. The molecule has 3 rings (SSSR count). The first kappa shape index (κ1) is 84.7. The highest BCUT2D eigenvalue weighted by Gasteiger charge is 2.27. The number of nitrogens with one attached hydrogen (secondary N) is 4. The summed E-state index contributed by atoms with van der Waals surface area (Å²) in [6.45, 7) is 6.76. The number of amides is 4. The Morgan fingerprint density at radius 3 is 1.85 bits per heavy atom. The molecule has 546 valence electrons. The van der Waals surface area contributed by atoms with Gasteiger partial charge in [-0.15, -0.1) is 0 Å². The lowest BCUT2D eigenvalue weighted by Gasteiger charge is -2.21. The van der Waals surface area contributed by atoms with Crippen molar-refractivity contribution in [1.29, 1.82) is 0 Å². The molecule has 0 spiro atoms.